The Kier molecular flexibility index (Phi) is 5.33. The summed E-state index contributed by atoms with van der Waals surface area (Å²) in [5.74, 6) is 0.231. The van der Waals surface area contributed by atoms with Crippen LogP contribution in [0.15, 0.2) is 48.2 Å². The van der Waals surface area contributed by atoms with E-state index in [9.17, 15) is 9.59 Å². The molecular formula is C24H25ClN2O3. The Hall–Kier alpha value is -2.79. The molecule has 2 amide bonds. The van der Waals surface area contributed by atoms with Crippen molar-refractivity contribution in [2.45, 2.75) is 45.1 Å². The Morgan fingerprint density at radius 2 is 1.90 bits per heavy atom. The van der Waals surface area contributed by atoms with Gasteiger partial charge in [-0.05, 0) is 59.7 Å². The summed E-state index contributed by atoms with van der Waals surface area (Å²) in [6.07, 6.45) is 3.66. The van der Waals surface area contributed by atoms with Crippen LogP contribution < -0.4 is 15.0 Å². The Bertz CT molecular complexity index is 1020. The molecule has 5 nitrogen and oxygen atoms in total. The molecule has 0 bridgehead atoms. The van der Waals surface area contributed by atoms with Crippen LogP contribution in [0.2, 0.25) is 5.02 Å². The molecule has 1 fully saturated rings. The quantitative estimate of drug-likeness (QED) is 0.725. The summed E-state index contributed by atoms with van der Waals surface area (Å²) in [5, 5.41) is 3.58. The number of halogens is 1. The number of hydrogen-bond acceptors (Lipinski definition) is 3. The molecule has 2 aromatic rings. The maximum absolute atomic E-state index is 13.3. The van der Waals surface area contributed by atoms with E-state index in [2.05, 4.69) is 26.1 Å². The minimum absolute atomic E-state index is 0.0444. The maximum atomic E-state index is 13.3. The molecule has 1 aliphatic carbocycles. The van der Waals surface area contributed by atoms with Crippen LogP contribution in [0.1, 0.15) is 44.7 Å². The van der Waals surface area contributed by atoms with Gasteiger partial charge in [-0.2, -0.15) is 0 Å². The summed E-state index contributed by atoms with van der Waals surface area (Å²) in [6, 6.07) is 13.2. The highest BCUT2D eigenvalue weighted by molar-refractivity contribution is 6.30. The third kappa shape index (κ3) is 4.51. The Morgan fingerprint density at radius 3 is 2.53 bits per heavy atom. The average Bonchev–Trinajstić information content (AvgIpc) is 3.49. The molecule has 0 saturated heterocycles. The molecule has 2 aromatic carbocycles. The van der Waals surface area contributed by atoms with Crippen LogP contribution in [0, 0.1) is 0 Å². The summed E-state index contributed by atoms with van der Waals surface area (Å²) >= 11 is 5.96. The minimum Gasteiger partial charge on any atom is -0.449 e. The van der Waals surface area contributed by atoms with Crippen molar-refractivity contribution in [3.8, 4) is 5.75 Å². The number of nitrogens with zero attached hydrogens (tertiary/aromatic N) is 1. The molecular weight excluding hydrogens is 400 g/mol. The van der Waals surface area contributed by atoms with Gasteiger partial charge in [0.15, 0.2) is 11.5 Å². The topological polar surface area (TPSA) is 58.6 Å². The first kappa shape index (κ1) is 20.5. The first-order valence-electron chi connectivity index (χ1n) is 10.1. The van der Waals surface area contributed by atoms with E-state index in [0.29, 0.717) is 16.5 Å². The smallest absolute Gasteiger partial charge is 0.294 e. The lowest BCUT2D eigenvalue weighted by atomic mass is 9.86. The summed E-state index contributed by atoms with van der Waals surface area (Å²) in [7, 11) is 0. The van der Waals surface area contributed by atoms with Crippen molar-refractivity contribution in [2.24, 2.45) is 0 Å². The van der Waals surface area contributed by atoms with E-state index in [-0.39, 0.29) is 35.6 Å². The van der Waals surface area contributed by atoms with Crippen molar-refractivity contribution in [1.29, 1.82) is 0 Å². The number of ether oxygens (including phenoxy) is 1. The molecule has 2 aliphatic rings. The van der Waals surface area contributed by atoms with Crippen LogP contribution >= 0.6 is 11.6 Å². The molecule has 0 aromatic heterocycles. The van der Waals surface area contributed by atoms with E-state index >= 15 is 0 Å². The Balaban J connectivity index is 1.71. The van der Waals surface area contributed by atoms with Crippen LogP contribution in [0.5, 0.6) is 5.75 Å². The number of fused-ring (bicyclic) bond motifs is 1. The van der Waals surface area contributed by atoms with Gasteiger partial charge < -0.3 is 10.1 Å². The molecule has 4 rings (SSSR count). The first-order valence-corrected chi connectivity index (χ1v) is 10.5. The second-order valence-electron chi connectivity index (χ2n) is 8.83. The second kappa shape index (κ2) is 7.80. The summed E-state index contributed by atoms with van der Waals surface area (Å²) in [6.45, 7) is 6.28. The van der Waals surface area contributed by atoms with E-state index in [1.807, 2.05) is 30.3 Å². The molecule has 156 valence electrons. The summed E-state index contributed by atoms with van der Waals surface area (Å²) < 4.78 is 5.96. The van der Waals surface area contributed by atoms with Crippen LogP contribution in [-0.2, 0) is 15.0 Å². The van der Waals surface area contributed by atoms with Crippen molar-refractivity contribution in [3.05, 3.63) is 64.4 Å². The molecule has 1 heterocycles. The van der Waals surface area contributed by atoms with Crippen LogP contribution in [-0.4, -0.2) is 24.4 Å². The fraction of sp³-hybridized carbons (Fsp3) is 0.333. The highest BCUT2D eigenvalue weighted by Gasteiger charge is 2.34. The number of rotatable bonds is 4. The van der Waals surface area contributed by atoms with Crippen molar-refractivity contribution in [1.82, 2.24) is 5.32 Å². The number of anilines is 1. The fourth-order valence-corrected chi connectivity index (χ4v) is 3.41. The van der Waals surface area contributed by atoms with Gasteiger partial charge in [0.25, 0.3) is 5.91 Å². The summed E-state index contributed by atoms with van der Waals surface area (Å²) in [5.41, 5.74) is 2.38. The lowest BCUT2D eigenvalue weighted by Crippen LogP contribution is -2.44. The van der Waals surface area contributed by atoms with Crippen LogP contribution in [0.4, 0.5) is 5.69 Å². The molecule has 1 aliphatic heterocycles. The molecule has 0 atom stereocenters. The molecule has 0 spiro atoms. The maximum Gasteiger partial charge on any atom is 0.294 e. The van der Waals surface area contributed by atoms with E-state index in [1.54, 1.807) is 18.2 Å². The van der Waals surface area contributed by atoms with Gasteiger partial charge in [-0.15, -0.1) is 0 Å². The monoisotopic (exact) mass is 424 g/mol. The molecule has 0 unspecified atom stereocenters. The Morgan fingerprint density at radius 1 is 1.20 bits per heavy atom. The number of benzene rings is 2. The van der Waals surface area contributed by atoms with Gasteiger partial charge in [0.05, 0.1) is 5.69 Å². The van der Waals surface area contributed by atoms with Gasteiger partial charge in [-0.25, -0.2) is 0 Å². The first-order chi connectivity index (χ1) is 14.2. The zero-order chi connectivity index (χ0) is 21.5. The third-order valence-electron chi connectivity index (χ3n) is 5.20. The standard InChI is InChI=1S/C24H25ClN2O3/c1-24(2,3)16-6-11-20-19(13-16)27(14-22(28)26-18-9-10-18)23(29)21(30-20)12-15-4-7-17(25)8-5-15/h4-8,11-13,18H,9-10,14H2,1-3H3,(H,26,28). The summed E-state index contributed by atoms with van der Waals surface area (Å²) in [4.78, 5) is 27.3. The normalized spacial score (nSPS) is 17.5. The van der Waals surface area contributed by atoms with Gasteiger partial charge in [-0.1, -0.05) is 50.6 Å². The van der Waals surface area contributed by atoms with Gasteiger partial charge >= 0.3 is 0 Å². The number of hydrogen-bond donors (Lipinski definition) is 1. The predicted molar refractivity (Wildman–Crippen MR) is 119 cm³/mol. The molecule has 1 N–H and O–H groups in total. The average molecular weight is 425 g/mol. The molecule has 1 saturated carbocycles. The van der Waals surface area contributed by atoms with E-state index < -0.39 is 0 Å². The minimum atomic E-state index is -0.338. The third-order valence-corrected chi connectivity index (χ3v) is 5.46. The van der Waals surface area contributed by atoms with Crippen LogP contribution in [0.25, 0.3) is 6.08 Å². The fourth-order valence-electron chi connectivity index (χ4n) is 3.29. The van der Waals surface area contributed by atoms with Gasteiger partial charge in [0.2, 0.25) is 5.91 Å². The predicted octanol–water partition coefficient (Wildman–Crippen LogP) is 4.68. The van der Waals surface area contributed by atoms with Crippen molar-refractivity contribution in [2.75, 3.05) is 11.4 Å². The molecule has 0 radical (unpaired) electrons. The van der Waals surface area contributed by atoms with Gasteiger partial charge in [0.1, 0.15) is 6.54 Å². The molecule has 30 heavy (non-hydrogen) atoms. The number of carbonyl (C=O) groups is 2. The lowest BCUT2D eigenvalue weighted by molar-refractivity contribution is -0.123. The number of carbonyl (C=O) groups excluding carboxylic acids is 2. The van der Waals surface area contributed by atoms with Crippen molar-refractivity contribution < 1.29 is 14.3 Å². The zero-order valence-electron chi connectivity index (χ0n) is 17.4. The highest BCUT2D eigenvalue weighted by atomic mass is 35.5. The Labute approximate surface area is 181 Å². The SMILES string of the molecule is CC(C)(C)c1ccc2c(c1)N(CC(=O)NC1CC1)C(=O)C(=Cc1ccc(Cl)cc1)O2. The largest absolute Gasteiger partial charge is 0.449 e. The van der Waals surface area contributed by atoms with Gasteiger partial charge in [0, 0.05) is 11.1 Å². The lowest BCUT2D eigenvalue weighted by Gasteiger charge is -2.32. The second-order valence-corrected chi connectivity index (χ2v) is 9.26. The van der Waals surface area contributed by atoms with Crippen molar-refractivity contribution in [3.63, 3.8) is 0 Å². The molecule has 6 heteroatoms. The van der Waals surface area contributed by atoms with E-state index in [1.165, 1.54) is 4.90 Å². The number of nitrogens with one attached hydrogen (secondary N) is 1. The van der Waals surface area contributed by atoms with Crippen molar-refractivity contribution >= 4 is 35.2 Å². The number of amides is 2. The van der Waals surface area contributed by atoms with Gasteiger partial charge in [-0.3, -0.25) is 14.5 Å². The van der Waals surface area contributed by atoms with Crippen LogP contribution in [0.3, 0.4) is 0 Å². The zero-order valence-corrected chi connectivity index (χ0v) is 18.1. The van der Waals surface area contributed by atoms with E-state index in [0.717, 1.165) is 24.0 Å². The highest BCUT2D eigenvalue weighted by Crippen LogP contribution is 2.39. The van der Waals surface area contributed by atoms with E-state index in [4.69, 9.17) is 16.3 Å².